The highest BCUT2D eigenvalue weighted by Gasteiger charge is 2.24. The lowest BCUT2D eigenvalue weighted by atomic mass is 9.80. The van der Waals surface area contributed by atoms with Gasteiger partial charge in [-0.1, -0.05) is 25.4 Å². The number of carbonyl (C=O) groups is 1. The van der Waals surface area contributed by atoms with Crippen LogP contribution in [-0.4, -0.2) is 17.1 Å². The zero-order valence-corrected chi connectivity index (χ0v) is 12.1. The average molecular weight is 282 g/mol. The van der Waals surface area contributed by atoms with E-state index in [1.807, 2.05) is 0 Å². The Balaban J connectivity index is 2.18. The van der Waals surface area contributed by atoms with E-state index in [4.69, 9.17) is 11.6 Å². The third-order valence-electron chi connectivity index (χ3n) is 3.75. The summed E-state index contributed by atoms with van der Waals surface area (Å²) in [5.41, 5.74) is 0.918. The highest BCUT2D eigenvalue weighted by atomic mass is 35.5. The summed E-state index contributed by atoms with van der Waals surface area (Å²) in [5.74, 6) is 0.429. The normalized spacial score (nSPS) is 27.0. The van der Waals surface area contributed by atoms with Gasteiger partial charge in [-0.15, -0.1) is 0 Å². The molecule has 1 aromatic rings. The van der Waals surface area contributed by atoms with Gasteiger partial charge in [0.05, 0.1) is 11.3 Å². The van der Waals surface area contributed by atoms with Gasteiger partial charge in [0.2, 0.25) is 0 Å². The molecule has 0 spiro atoms. The maximum absolute atomic E-state index is 11.2. The molecular formula is C15H20ClNO2. The van der Waals surface area contributed by atoms with E-state index in [-0.39, 0.29) is 5.56 Å². The van der Waals surface area contributed by atoms with Gasteiger partial charge in [-0.25, -0.2) is 4.79 Å². The topological polar surface area (TPSA) is 49.3 Å². The Morgan fingerprint density at radius 3 is 2.47 bits per heavy atom. The van der Waals surface area contributed by atoms with Gasteiger partial charge in [0, 0.05) is 11.1 Å². The largest absolute Gasteiger partial charge is 0.478 e. The smallest absolute Gasteiger partial charge is 0.337 e. The number of carboxylic acid groups (broad SMARTS) is 1. The maximum Gasteiger partial charge on any atom is 0.337 e. The van der Waals surface area contributed by atoms with E-state index in [2.05, 4.69) is 19.2 Å². The van der Waals surface area contributed by atoms with Crippen LogP contribution in [0.5, 0.6) is 0 Å². The molecule has 19 heavy (non-hydrogen) atoms. The van der Waals surface area contributed by atoms with E-state index >= 15 is 0 Å². The Morgan fingerprint density at radius 2 is 1.89 bits per heavy atom. The zero-order chi connectivity index (χ0) is 14.0. The third-order valence-corrected chi connectivity index (χ3v) is 3.99. The summed E-state index contributed by atoms with van der Waals surface area (Å²) in [4.78, 5) is 11.2. The molecule has 1 aromatic carbocycles. The molecular weight excluding hydrogens is 262 g/mol. The van der Waals surface area contributed by atoms with Crippen molar-refractivity contribution in [1.29, 1.82) is 0 Å². The van der Waals surface area contributed by atoms with Gasteiger partial charge in [0.15, 0.2) is 0 Å². The summed E-state index contributed by atoms with van der Waals surface area (Å²) in [6.45, 7) is 4.50. The van der Waals surface area contributed by atoms with E-state index in [1.165, 1.54) is 6.42 Å². The van der Waals surface area contributed by atoms with E-state index in [0.29, 0.717) is 28.6 Å². The predicted octanol–water partition coefficient (Wildman–Crippen LogP) is 4.27. The number of hydrogen-bond acceptors (Lipinski definition) is 2. The molecule has 0 amide bonds. The average Bonchev–Trinajstić information content (AvgIpc) is 2.26. The Hall–Kier alpha value is -1.22. The molecule has 0 heterocycles. The summed E-state index contributed by atoms with van der Waals surface area (Å²) in [5, 5.41) is 13.1. The molecule has 4 heteroatoms. The van der Waals surface area contributed by atoms with Crippen LogP contribution in [0.3, 0.4) is 0 Å². The van der Waals surface area contributed by atoms with Crippen molar-refractivity contribution in [3.05, 3.63) is 28.8 Å². The Labute approximate surface area is 119 Å². The second-order valence-electron chi connectivity index (χ2n) is 5.75. The number of nitrogens with one attached hydrogen (secondary N) is 1. The molecule has 0 bridgehead atoms. The lowest BCUT2D eigenvalue weighted by molar-refractivity contribution is 0.0698. The molecule has 2 N–H and O–H groups in total. The standard InChI is InChI=1S/C15H20ClNO2/c1-9-5-10(2)7-12(6-9)17-14-8-11(16)3-4-13(14)15(18)19/h3-4,8-10,12,17H,5-7H2,1-2H3,(H,18,19). The summed E-state index contributed by atoms with van der Waals surface area (Å²) >= 11 is 5.96. The van der Waals surface area contributed by atoms with E-state index in [9.17, 15) is 9.90 Å². The number of benzene rings is 1. The maximum atomic E-state index is 11.2. The number of anilines is 1. The first-order valence-corrected chi connectivity index (χ1v) is 7.13. The molecule has 0 aromatic heterocycles. The lowest BCUT2D eigenvalue weighted by Gasteiger charge is -2.33. The first-order chi connectivity index (χ1) is 8.95. The summed E-state index contributed by atoms with van der Waals surface area (Å²) < 4.78 is 0. The summed E-state index contributed by atoms with van der Waals surface area (Å²) in [6, 6.07) is 5.20. The second-order valence-corrected chi connectivity index (χ2v) is 6.19. The van der Waals surface area contributed by atoms with E-state index in [1.54, 1.807) is 18.2 Å². The van der Waals surface area contributed by atoms with Crippen molar-refractivity contribution in [3.63, 3.8) is 0 Å². The van der Waals surface area contributed by atoms with Gasteiger partial charge in [-0.3, -0.25) is 0 Å². The molecule has 1 aliphatic rings. The number of carboxylic acids is 1. The van der Waals surface area contributed by atoms with Crippen molar-refractivity contribution < 1.29 is 9.90 Å². The van der Waals surface area contributed by atoms with E-state index < -0.39 is 5.97 Å². The highest BCUT2D eigenvalue weighted by Crippen LogP contribution is 2.32. The molecule has 104 valence electrons. The quantitative estimate of drug-likeness (QED) is 0.870. The van der Waals surface area contributed by atoms with Crippen LogP contribution < -0.4 is 5.32 Å². The second kappa shape index (κ2) is 5.83. The van der Waals surface area contributed by atoms with Crippen molar-refractivity contribution in [2.75, 3.05) is 5.32 Å². The van der Waals surface area contributed by atoms with Crippen LogP contribution in [0, 0.1) is 11.8 Å². The predicted molar refractivity (Wildman–Crippen MR) is 78.0 cm³/mol. The van der Waals surface area contributed by atoms with Crippen LogP contribution in [0.15, 0.2) is 18.2 Å². The molecule has 1 fully saturated rings. The van der Waals surface area contributed by atoms with Gasteiger partial charge in [0.25, 0.3) is 0 Å². The molecule has 0 saturated heterocycles. The Bertz CT molecular complexity index is 465. The molecule has 0 radical (unpaired) electrons. The van der Waals surface area contributed by atoms with Crippen LogP contribution in [0.25, 0.3) is 0 Å². The van der Waals surface area contributed by atoms with Crippen molar-refractivity contribution in [2.45, 2.75) is 39.2 Å². The molecule has 1 saturated carbocycles. The van der Waals surface area contributed by atoms with Crippen molar-refractivity contribution in [1.82, 2.24) is 0 Å². The molecule has 0 aliphatic heterocycles. The molecule has 2 unspecified atom stereocenters. The van der Waals surface area contributed by atoms with Crippen molar-refractivity contribution in [3.8, 4) is 0 Å². The molecule has 3 nitrogen and oxygen atoms in total. The first kappa shape index (κ1) is 14.2. The fourth-order valence-corrected chi connectivity index (χ4v) is 3.28. The zero-order valence-electron chi connectivity index (χ0n) is 11.3. The minimum atomic E-state index is -0.920. The lowest BCUT2D eigenvalue weighted by Crippen LogP contribution is -2.30. The summed E-state index contributed by atoms with van der Waals surface area (Å²) in [7, 11) is 0. The van der Waals surface area contributed by atoms with Crippen LogP contribution in [0.2, 0.25) is 5.02 Å². The number of rotatable bonds is 3. The van der Waals surface area contributed by atoms with Gasteiger partial charge >= 0.3 is 5.97 Å². The summed E-state index contributed by atoms with van der Waals surface area (Å²) in [6.07, 6.45) is 3.41. The fraction of sp³-hybridized carbons (Fsp3) is 0.533. The number of hydrogen-bond donors (Lipinski definition) is 2. The van der Waals surface area contributed by atoms with Crippen LogP contribution >= 0.6 is 11.6 Å². The SMILES string of the molecule is CC1CC(C)CC(Nc2cc(Cl)ccc2C(=O)O)C1. The minimum Gasteiger partial charge on any atom is -0.478 e. The van der Waals surface area contributed by atoms with Gasteiger partial charge in [-0.05, 0) is 49.3 Å². The van der Waals surface area contributed by atoms with Gasteiger partial charge < -0.3 is 10.4 Å². The first-order valence-electron chi connectivity index (χ1n) is 6.75. The van der Waals surface area contributed by atoms with Crippen molar-refractivity contribution in [2.24, 2.45) is 11.8 Å². The van der Waals surface area contributed by atoms with Crippen LogP contribution in [0.4, 0.5) is 5.69 Å². The molecule has 1 aliphatic carbocycles. The van der Waals surface area contributed by atoms with E-state index in [0.717, 1.165) is 12.8 Å². The van der Waals surface area contributed by atoms with Crippen LogP contribution in [-0.2, 0) is 0 Å². The molecule has 2 rings (SSSR count). The van der Waals surface area contributed by atoms with Gasteiger partial charge in [0.1, 0.15) is 0 Å². The third kappa shape index (κ3) is 3.63. The van der Waals surface area contributed by atoms with Crippen molar-refractivity contribution >= 4 is 23.3 Å². The number of halogens is 1. The Morgan fingerprint density at radius 1 is 1.26 bits per heavy atom. The highest BCUT2D eigenvalue weighted by molar-refractivity contribution is 6.31. The Kier molecular flexibility index (Phi) is 4.35. The fourth-order valence-electron chi connectivity index (χ4n) is 3.11. The number of aromatic carboxylic acids is 1. The van der Waals surface area contributed by atoms with Crippen LogP contribution in [0.1, 0.15) is 43.5 Å². The monoisotopic (exact) mass is 281 g/mol. The molecule has 2 atom stereocenters. The minimum absolute atomic E-state index is 0.287. The van der Waals surface area contributed by atoms with Gasteiger partial charge in [-0.2, -0.15) is 0 Å².